The number of carbonyl (C=O) groups excluding carboxylic acids is 2. The molecule has 34 heavy (non-hydrogen) atoms. The zero-order chi connectivity index (χ0) is 23.7. The van der Waals surface area contributed by atoms with Crippen molar-refractivity contribution in [2.24, 2.45) is 5.92 Å². The van der Waals surface area contributed by atoms with E-state index in [1.54, 1.807) is 0 Å². The van der Waals surface area contributed by atoms with Crippen LogP contribution >= 0.6 is 0 Å². The summed E-state index contributed by atoms with van der Waals surface area (Å²) in [6.45, 7) is 0.152. The smallest absolute Gasteiger partial charge is 0.412 e. The highest BCUT2D eigenvalue weighted by molar-refractivity contribution is 5.96. The predicted molar refractivity (Wildman–Crippen MR) is 124 cm³/mol. The molecule has 2 aliphatic carbocycles. The molecule has 4 N–H and O–H groups in total. The standard InChI is InChI=1S/C25H24N4O5/c30-23(27-22(24(31)32)14-6-5-7-14)20-12-21(29-28-20)26-25(33)34-13-19-17-10-3-1-8-15(17)16-9-2-4-11-18(16)19/h1-4,8-12,14,19,22H,5-7,13H2,(H,27,30)(H,31,32)(H2,26,28,29,33). The number of fused-ring (bicyclic) bond motifs is 3. The summed E-state index contributed by atoms with van der Waals surface area (Å²) in [4.78, 5) is 36.3. The third kappa shape index (κ3) is 4.12. The first-order chi connectivity index (χ1) is 16.5. The Bertz CT molecular complexity index is 1200. The fourth-order valence-corrected chi connectivity index (χ4v) is 4.61. The first kappa shape index (κ1) is 21.7. The predicted octanol–water partition coefficient (Wildman–Crippen LogP) is 3.75. The summed E-state index contributed by atoms with van der Waals surface area (Å²) in [7, 11) is 0. The van der Waals surface area contributed by atoms with Crippen LogP contribution in [0.3, 0.4) is 0 Å². The van der Waals surface area contributed by atoms with Crippen molar-refractivity contribution in [1.29, 1.82) is 0 Å². The minimum absolute atomic E-state index is 0.0551. The molecule has 9 nitrogen and oxygen atoms in total. The number of anilines is 1. The molecule has 5 rings (SSSR count). The van der Waals surface area contributed by atoms with Crippen LogP contribution in [0.4, 0.5) is 10.6 Å². The molecule has 174 valence electrons. The van der Waals surface area contributed by atoms with Gasteiger partial charge in [-0.25, -0.2) is 9.59 Å². The lowest BCUT2D eigenvalue weighted by atomic mass is 9.79. The Morgan fingerprint density at radius 2 is 1.71 bits per heavy atom. The van der Waals surface area contributed by atoms with Crippen molar-refractivity contribution in [2.45, 2.75) is 31.2 Å². The number of H-pyrrole nitrogens is 1. The van der Waals surface area contributed by atoms with Crippen molar-refractivity contribution < 1.29 is 24.2 Å². The number of carboxylic acid groups (broad SMARTS) is 1. The summed E-state index contributed by atoms with van der Waals surface area (Å²) in [5.41, 5.74) is 4.54. The third-order valence-corrected chi connectivity index (χ3v) is 6.57. The number of aromatic amines is 1. The molecular weight excluding hydrogens is 436 g/mol. The number of nitrogens with zero attached hydrogens (tertiary/aromatic N) is 1. The zero-order valence-corrected chi connectivity index (χ0v) is 18.3. The highest BCUT2D eigenvalue weighted by Gasteiger charge is 2.34. The van der Waals surface area contributed by atoms with Crippen molar-refractivity contribution in [3.05, 3.63) is 71.4 Å². The molecule has 0 saturated heterocycles. The van der Waals surface area contributed by atoms with Gasteiger partial charge in [-0.05, 0) is 41.0 Å². The Kier molecular flexibility index (Phi) is 5.75. The Morgan fingerprint density at radius 3 is 2.29 bits per heavy atom. The highest BCUT2D eigenvalue weighted by atomic mass is 16.5. The first-order valence-electron chi connectivity index (χ1n) is 11.2. The second-order valence-electron chi connectivity index (χ2n) is 8.60. The van der Waals surface area contributed by atoms with Gasteiger partial charge in [0.2, 0.25) is 0 Å². The molecule has 0 aliphatic heterocycles. The average Bonchev–Trinajstić information content (AvgIpc) is 3.39. The Hall–Kier alpha value is -4.14. The van der Waals surface area contributed by atoms with E-state index in [1.165, 1.54) is 6.07 Å². The second-order valence-corrected chi connectivity index (χ2v) is 8.60. The molecule has 3 aromatic rings. The van der Waals surface area contributed by atoms with Gasteiger partial charge >= 0.3 is 12.1 Å². The maximum Gasteiger partial charge on any atom is 0.412 e. The number of carboxylic acids is 1. The van der Waals surface area contributed by atoms with Gasteiger partial charge in [-0.1, -0.05) is 55.0 Å². The van der Waals surface area contributed by atoms with E-state index in [-0.39, 0.29) is 30.0 Å². The molecule has 1 aromatic heterocycles. The summed E-state index contributed by atoms with van der Waals surface area (Å²) in [5.74, 6) is -1.68. The molecule has 0 bridgehead atoms. The number of carbonyl (C=O) groups is 3. The third-order valence-electron chi connectivity index (χ3n) is 6.57. The number of aliphatic carboxylic acids is 1. The summed E-state index contributed by atoms with van der Waals surface area (Å²) in [5, 5.41) is 20.9. The normalized spacial score (nSPS) is 15.5. The van der Waals surface area contributed by atoms with Gasteiger partial charge in [0.15, 0.2) is 5.82 Å². The molecule has 0 spiro atoms. The minimum Gasteiger partial charge on any atom is -0.480 e. The van der Waals surface area contributed by atoms with Crippen LogP contribution in [-0.4, -0.2) is 45.9 Å². The van der Waals surface area contributed by atoms with E-state index in [2.05, 4.69) is 33.0 Å². The van der Waals surface area contributed by atoms with Crippen LogP contribution < -0.4 is 10.6 Å². The summed E-state index contributed by atoms with van der Waals surface area (Å²) in [6.07, 6.45) is 1.81. The fourth-order valence-electron chi connectivity index (χ4n) is 4.61. The molecule has 2 aromatic carbocycles. The lowest BCUT2D eigenvalue weighted by Gasteiger charge is -2.31. The summed E-state index contributed by atoms with van der Waals surface area (Å²) in [6, 6.07) is 16.5. The van der Waals surface area contributed by atoms with Crippen molar-refractivity contribution in [1.82, 2.24) is 15.5 Å². The van der Waals surface area contributed by atoms with E-state index in [1.807, 2.05) is 36.4 Å². The maximum absolute atomic E-state index is 12.4. The average molecular weight is 460 g/mol. The second kappa shape index (κ2) is 9.01. The van der Waals surface area contributed by atoms with Crippen LogP contribution in [0.15, 0.2) is 54.6 Å². The number of hydrogen-bond acceptors (Lipinski definition) is 5. The Balaban J connectivity index is 1.19. The van der Waals surface area contributed by atoms with Crippen LogP contribution in [-0.2, 0) is 9.53 Å². The van der Waals surface area contributed by atoms with Gasteiger partial charge in [0.1, 0.15) is 18.3 Å². The van der Waals surface area contributed by atoms with Gasteiger partial charge in [0, 0.05) is 12.0 Å². The van der Waals surface area contributed by atoms with Gasteiger partial charge in [-0.3, -0.25) is 15.2 Å². The van der Waals surface area contributed by atoms with E-state index in [9.17, 15) is 19.5 Å². The molecule has 2 aliphatic rings. The van der Waals surface area contributed by atoms with Gasteiger partial charge in [-0.2, -0.15) is 5.10 Å². The molecule has 2 amide bonds. The van der Waals surface area contributed by atoms with Crippen LogP contribution in [0, 0.1) is 5.92 Å². The van der Waals surface area contributed by atoms with E-state index >= 15 is 0 Å². The van der Waals surface area contributed by atoms with Crippen molar-refractivity contribution in [3.63, 3.8) is 0 Å². The number of benzene rings is 2. The number of rotatable bonds is 7. The molecule has 1 atom stereocenters. The molecule has 9 heteroatoms. The van der Waals surface area contributed by atoms with E-state index in [4.69, 9.17) is 4.74 Å². The summed E-state index contributed by atoms with van der Waals surface area (Å²) < 4.78 is 5.48. The summed E-state index contributed by atoms with van der Waals surface area (Å²) >= 11 is 0. The van der Waals surface area contributed by atoms with Crippen LogP contribution in [0.2, 0.25) is 0 Å². The fraction of sp³-hybridized carbons (Fsp3) is 0.280. The van der Waals surface area contributed by atoms with Gasteiger partial charge in [-0.15, -0.1) is 0 Å². The van der Waals surface area contributed by atoms with Crippen molar-refractivity contribution >= 4 is 23.8 Å². The van der Waals surface area contributed by atoms with Gasteiger partial charge in [0.05, 0.1) is 0 Å². The number of hydrogen-bond donors (Lipinski definition) is 4. The number of amides is 2. The van der Waals surface area contributed by atoms with Crippen LogP contribution in [0.5, 0.6) is 0 Å². The van der Waals surface area contributed by atoms with Crippen molar-refractivity contribution in [2.75, 3.05) is 11.9 Å². The SMILES string of the molecule is O=C(Nc1cc(C(=O)NC(C(=O)O)C2CCC2)[nH]n1)OCC1c2ccccc2-c2ccccc21. The molecule has 1 saturated carbocycles. The molecule has 1 unspecified atom stereocenters. The van der Waals surface area contributed by atoms with E-state index < -0.39 is 24.0 Å². The van der Waals surface area contributed by atoms with Gasteiger partial charge in [0.25, 0.3) is 5.91 Å². The Labute approximate surface area is 195 Å². The first-order valence-corrected chi connectivity index (χ1v) is 11.2. The molecule has 0 radical (unpaired) electrons. The lowest BCUT2D eigenvalue weighted by molar-refractivity contribution is -0.141. The van der Waals surface area contributed by atoms with Crippen LogP contribution in [0.25, 0.3) is 11.1 Å². The maximum atomic E-state index is 12.4. The highest BCUT2D eigenvalue weighted by Crippen LogP contribution is 2.44. The van der Waals surface area contributed by atoms with E-state index in [0.717, 1.165) is 41.5 Å². The Morgan fingerprint density at radius 1 is 1.06 bits per heavy atom. The number of aromatic nitrogens is 2. The minimum atomic E-state index is -1.06. The number of ether oxygens (including phenoxy) is 1. The largest absolute Gasteiger partial charge is 0.480 e. The van der Waals surface area contributed by atoms with Crippen molar-refractivity contribution in [3.8, 4) is 11.1 Å². The lowest BCUT2D eigenvalue weighted by Crippen LogP contribution is -2.48. The van der Waals surface area contributed by atoms with E-state index in [0.29, 0.717) is 0 Å². The van der Waals surface area contributed by atoms with Crippen LogP contribution in [0.1, 0.15) is 46.8 Å². The number of nitrogens with one attached hydrogen (secondary N) is 3. The quantitative estimate of drug-likeness (QED) is 0.424. The monoisotopic (exact) mass is 460 g/mol. The molecule has 1 heterocycles. The topological polar surface area (TPSA) is 133 Å². The molecule has 1 fully saturated rings. The zero-order valence-electron chi connectivity index (χ0n) is 18.3. The van der Waals surface area contributed by atoms with Gasteiger partial charge < -0.3 is 15.2 Å². The molecular formula is C25H24N4O5.